The summed E-state index contributed by atoms with van der Waals surface area (Å²) in [6, 6.07) is 2.16. The number of hydrogen-bond donors (Lipinski definition) is 1. The van der Waals surface area contributed by atoms with Crippen LogP contribution in [-0.2, 0) is 6.42 Å². The maximum Gasteiger partial charge on any atom is 0.141 e. The first kappa shape index (κ1) is 9.16. The highest BCUT2D eigenvalue weighted by Crippen LogP contribution is 2.39. The molecule has 15 heavy (non-hydrogen) atoms. The molecule has 0 amide bonds. The van der Waals surface area contributed by atoms with Crippen molar-refractivity contribution < 1.29 is 4.74 Å². The minimum Gasteiger partial charge on any atom is -0.485 e. The van der Waals surface area contributed by atoms with Crippen molar-refractivity contribution in [2.75, 3.05) is 13.1 Å². The van der Waals surface area contributed by atoms with Gasteiger partial charge in [-0.15, -0.1) is 0 Å². The number of fused-ring (bicyclic) bond motifs is 1. The molecule has 1 fully saturated rings. The molecule has 0 unspecified atom stereocenters. The van der Waals surface area contributed by atoms with Crippen LogP contribution in [-0.4, -0.2) is 23.7 Å². The topological polar surface area (TPSA) is 34.1 Å². The molecule has 3 heterocycles. The van der Waals surface area contributed by atoms with Crippen molar-refractivity contribution in [1.82, 2.24) is 10.3 Å². The highest BCUT2D eigenvalue weighted by molar-refractivity contribution is 5.38. The van der Waals surface area contributed by atoms with E-state index < -0.39 is 0 Å². The molecule has 1 aromatic rings. The predicted octanol–water partition coefficient (Wildman–Crippen LogP) is 1.45. The van der Waals surface area contributed by atoms with Crippen LogP contribution in [0.4, 0.5) is 0 Å². The van der Waals surface area contributed by atoms with E-state index in [1.165, 1.54) is 5.56 Å². The molecule has 1 N–H and O–H groups in total. The lowest BCUT2D eigenvalue weighted by Crippen LogP contribution is -2.45. The van der Waals surface area contributed by atoms with Crippen LogP contribution >= 0.6 is 0 Å². The van der Waals surface area contributed by atoms with Gasteiger partial charge in [-0.3, -0.25) is 4.98 Å². The van der Waals surface area contributed by atoms with Crippen molar-refractivity contribution in [3.63, 3.8) is 0 Å². The highest BCUT2D eigenvalue weighted by atomic mass is 16.5. The maximum atomic E-state index is 6.09. The molecule has 2 aliphatic heterocycles. The zero-order valence-electron chi connectivity index (χ0n) is 9.05. The second-order valence-corrected chi connectivity index (χ2v) is 4.65. The average Bonchev–Trinajstić information content (AvgIpc) is 2.56. The first-order valence-electron chi connectivity index (χ1n) is 5.63. The van der Waals surface area contributed by atoms with E-state index in [2.05, 4.69) is 16.4 Å². The van der Waals surface area contributed by atoms with Crippen molar-refractivity contribution >= 4 is 0 Å². The summed E-state index contributed by atoms with van der Waals surface area (Å²) >= 11 is 0. The van der Waals surface area contributed by atoms with Gasteiger partial charge in [-0.05, 0) is 38.9 Å². The minimum atomic E-state index is 0.0725. The second kappa shape index (κ2) is 3.20. The normalized spacial score (nSPS) is 22.5. The molecule has 1 saturated heterocycles. The maximum absolute atomic E-state index is 6.09. The number of aryl methyl sites for hydroxylation is 1. The lowest BCUT2D eigenvalue weighted by atomic mass is 9.88. The Hall–Kier alpha value is -1.09. The number of nitrogens with one attached hydrogen (secondary N) is 1. The summed E-state index contributed by atoms with van der Waals surface area (Å²) in [4.78, 5) is 4.29. The zero-order valence-corrected chi connectivity index (χ0v) is 9.05. The number of piperidine rings is 1. The third-order valence-electron chi connectivity index (χ3n) is 3.44. The van der Waals surface area contributed by atoms with Gasteiger partial charge < -0.3 is 10.1 Å². The van der Waals surface area contributed by atoms with E-state index in [4.69, 9.17) is 4.74 Å². The molecule has 0 atom stereocenters. The van der Waals surface area contributed by atoms with Gasteiger partial charge in [0.05, 0.1) is 6.20 Å². The van der Waals surface area contributed by atoms with E-state index >= 15 is 0 Å². The van der Waals surface area contributed by atoms with Crippen LogP contribution in [0.15, 0.2) is 12.3 Å². The van der Waals surface area contributed by atoms with Gasteiger partial charge in [0.25, 0.3) is 0 Å². The largest absolute Gasteiger partial charge is 0.485 e. The van der Waals surface area contributed by atoms with Crippen molar-refractivity contribution in [2.24, 2.45) is 0 Å². The summed E-state index contributed by atoms with van der Waals surface area (Å²) in [6.45, 7) is 4.18. The predicted molar refractivity (Wildman–Crippen MR) is 58.1 cm³/mol. The highest BCUT2D eigenvalue weighted by Gasteiger charge is 2.40. The molecule has 1 spiro atoms. The molecule has 0 bridgehead atoms. The molecule has 0 aliphatic carbocycles. The molecule has 1 aromatic heterocycles. The van der Waals surface area contributed by atoms with Crippen LogP contribution < -0.4 is 10.1 Å². The van der Waals surface area contributed by atoms with Gasteiger partial charge in [0.1, 0.15) is 11.4 Å². The fraction of sp³-hybridized carbons (Fsp3) is 0.583. The third kappa shape index (κ3) is 1.51. The van der Waals surface area contributed by atoms with Crippen LogP contribution in [0, 0.1) is 6.92 Å². The molecule has 0 radical (unpaired) electrons. The van der Waals surface area contributed by atoms with Gasteiger partial charge in [0.15, 0.2) is 0 Å². The second-order valence-electron chi connectivity index (χ2n) is 4.65. The Bertz CT molecular complexity index is 383. The van der Waals surface area contributed by atoms with E-state index in [9.17, 15) is 0 Å². The van der Waals surface area contributed by atoms with Gasteiger partial charge in [-0.1, -0.05) is 0 Å². The third-order valence-corrected chi connectivity index (χ3v) is 3.44. The van der Waals surface area contributed by atoms with Crippen LogP contribution in [0.5, 0.6) is 5.75 Å². The van der Waals surface area contributed by atoms with E-state index in [0.717, 1.165) is 43.8 Å². The van der Waals surface area contributed by atoms with Gasteiger partial charge >= 0.3 is 0 Å². The average molecular weight is 204 g/mol. The van der Waals surface area contributed by atoms with E-state index in [1.807, 2.05) is 13.1 Å². The number of hydrogen-bond acceptors (Lipinski definition) is 3. The van der Waals surface area contributed by atoms with Crippen LogP contribution in [0.2, 0.25) is 0 Å². The van der Waals surface area contributed by atoms with E-state index in [-0.39, 0.29) is 5.60 Å². The Morgan fingerprint density at radius 2 is 2.20 bits per heavy atom. The number of pyridine rings is 1. The Balaban J connectivity index is 1.90. The Morgan fingerprint density at radius 1 is 1.40 bits per heavy atom. The van der Waals surface area contributed by atoms with Crippen molar-refractivity contribution in [1.29, 1.82) is 0 Å². The number of aromatic nitrogens is 1. The van der Waals surface area contributed by atoms with Crippen molar-refractivity contribution in [3.05, 3.63) is 23.5 Å². The van der Waals surface area contributed by atoms with Crippen molar-refractivity contribution in [3.8, 4) is 5.75 Å². The summed E-state index contributed by atoms with van der Waals surface area (Å²) in [7, 11) is 0. The minimum absolute atomic E-state index is 0.0725. The summed E-state index contributed by atoms with van der Waals surface area (Å²) in [6.07, 6.45) is 5.16. The quantitative estimate of drug-likeness (QED) is 0.694. The fourth-order valence-corrected chi connectivity index (χ4v) is 2.61. The summed E-state index contributed by atoms with van der Waals surface area (Å²) in [5.41, 5.74) is 2.50. The molecule has 0 aromatic carbocycles. The Kier molecular flexibility index (Phi) is 1.96. The van der Waals surface area contributed by atoms with Crippen LogP contribution in [0.1, 0.15) is 24.1 Å². The molecule has 3 heteroatoms. The molecule has 80 valence electrons. The SMILES string of the molecule is Cc1cc2c(cn1)OC1(CCNCC1)C2. The van der Waals surface area contributed by atoms with Gasteiger partial charge in [0, 0.05) is 17.7 Å². The Labute approximate surface area is 89.9 Å². The van der Waals surface area contributed by atoms with E-state index in [0.29, 0.717) is 0 Å². The molecular weight excluding hydrogens is 188 g/mol. The first-order chi connectivity index (χ1) is 7.27. The standard InChI is InChI=1S/C12H16N2O/c1-9-6-10-7-12(2-4-13-5-3-12)15-11(10)8-14-9/h6,8,13H,2-5,7H2,1H3. The summed E-state index contributed by atoms with van der Waals surface area (Å²) in [5, 5.41) is 3.38. The number of ether oxygens (including phenoxy) is 1. The summed E-state index contributed by atoms with van der Waals surface area (Å²) in [5.74, 6) is 1.00. The monoisotopic (exact) mass is 204 g/mol. The van der Waals surface area contributed by atoms with Crippen LogP contribution in [0.3, 0.4) is 0 Å². The number of rotatable bonds is 0. The van der Waals surface area contributed by atoms with E-state index in [1.54, 1.807) is 0 Å². The first-order valence-corrected chi connectivity index (χ1v) is 5.63. The lowest BCUT2D eigenvalue weighted by Gasteiger charge is -2.33. The summed E-state index contributed by atoms with van der Waals surface area (Å²) < 4.78 is 6.09. The van der Waals surface area contributed by atoms with Crippen LogP contribution in [0.25, 0.3) is 0 Å². The Morgan fingerprint density at radius 3 is 3.00 bits per heavy atom. The molecule has 2 aliphatic rings. The van der Waals surface area contributed by atoms with Gasteiger partial charge in [-0.2, -0.15) is 0 Å². The van der Waals surface area contributed by atoms with Gasteiger partial charge in [0.2, 0.25) is 0 Å². The smallest absolute Gasteiger partial charge is 0.141 e. The zero-order chi connectivity index (χ0) is 10.3. The number of nitrogens with zero attached hydrogens (tertiary/aromatic N) is 1. The molecule has 3 nitrogen and oxygen atoms in total. The fourth-order valence-electron chi connectivity index (χ4n) is 2.61. The molecule has 3 rings (SSSR count). The lowest BCUT2D eigenvalue weighted by molar-refractivity contribution is 0.0597. The van der Waals surface area contributed by atoms with Crippen molar-refractivity contribution in [2.45, 2.75) is 31.8 Å². The van der Waals surface area contributed by atoms with Gasteiger partial charge in [-0.25, -0.2) is 0 Å². The molecular formula is C12H16N2O. The molecule has 0 saturated carbocycles.